The van der Waals surface area contributed by atoms with Crippen molar-refractivity contribution in [2.45, 2.75) is 13.0 Å². The van der Waals surface area contributed by atoms with Crippen LogP contribution in [0, 0.1) is 6.92 Å². The lowest BCUT2D eigenvalue weighted by Crippen LogP contribution is -2.35. The number of Topliss-reactive ketones (excluding diaryl/α,β-unsaturated/α-hetero) is 1. The van der Waals surface area contributed by atoms with E-state index in [0.29, 0.717) is 31.0 Å². The molecule has 31 heavy (non-hydrogen) atoms. The molecule has 2 aromatic carbocycles. The normalized spacial score (nSPS) is 17.9. The molecule has 0 bridgehead atoms. The molecule has 1 N–H and O–H groups in total. The summed E-state index contributed by atoms with van der Waals surface area (Å²) in [6, 6.07) is 13.8. The number of benzene rings is 2. The number of aliphatic hydroxyl groups is 1. The van der Waals surface area contributed by atoms with Gasteiger partial charge in [-0.15, -0.1) is 0 Å². The monoisotopic (exact) mass is 420 g/mol. The fourth-order valence-electron chi connectivity index (χ4n) is 3.53. The molecule has 1 aliphatic rings. The van der Waals surface area contributed by atoms with Crippen LogP contribution in [0.4, 0.5) is 0 Å². The van der Waals surface area contributed by atoms with Crippen molar-refractivity contribution in [2.75, 3.05) is 33.8 Å². The number of aryl methyl sites for hydroxylation is 1. The fraction of sp³-hybridized carbons (Fsp3) is 0.280. The number of rotatable bonds is 8. The molecule has 1 amide bonds. The van der Waals surface area contributed by atoms with Gasteiger partial charge in [-0.1, -0.05) is 42.5 Å². The van der Waals surface area contributed by atoms with Crippen LogP contribution in [0.2, 0.25) is 0 Å². The molecule has 1 saturated heterocycles. The first kappa shape index (κ1) is 22.3. The molecule has 1 heterocycles. The SMILES string of the molecule is C=CCOc1ccc(/C(O)=C2/C(=O)C(=O)N(CCN(C)C)C2c2ccc(C)cc2)cc1. The summed E-state index contributed by atoms with van der Waals surface area (Å²) in [4.78, 5) is 29.3. The number of nitrogens with zero attached hydrogens (tertiary/aromatic N) is 2. The summed E-state index contributed by atoms with van der Waals surface area (Å²) in [5.74, 6) is -0.835. The maximum Gasteiger partial charge on any atom is 0.295 e. The van der Waals surface area contributed by atoms with Crippen LogP contribution in [0.3, 0.4) is 0 Å². The Morgan fingerprint density at radius 3 is 2.35 bits per heavy atom. The Labute approximate surface area is 183 Å². The van der Waals surface area contributed by atoms with E-state index in [4.69, 9.17) is 4.74 Å². The second kappa shape index (κ2) is 9.62. The topological polar surface area (TPSA) is 70.1 Å². The van der Waals surface area contributed by atoms with Crippen molar-refractivity contribution in [3.8, 4) is 5.75 Å². The molecule has 6 heteroatoms. The van der Waals surface area contributed by atoms with Gasteiger partial charge in [0.25, 0.3) is 11.7 Å². The van der Waals surface area contributed by atoms with Gasteiger partial charge in [0.15, 0.2) is 0 Å². The minimum Gasteiger partial charge on any atom is -0.507 e. The lowest BCUT2D eigenvalue weighted by molar-refractivity contribution is -0.140. The average molecular weight is 421 g/mol. The molecule has 0 aromatic heterocycles. The Morgan fingerprint density at radius 2 is 1.77 bits per heavy atom. The lowest BCUT2D eigenvalue weighted by Gasteiger charge is -2.26. The van der Waals surface area contributed by atoms with Crippen molar-refractivity contribution in [3.63, 3.8) is 0 Å². The molecule has 1 atom stereocenters. The summed E-state index contributed by atoms with van der Waals surface area (Å²) >= 11 is 0. The van der Waals surface area contributed by atoms with Gasteiger partial charge in [0.2, 0.25) is 0 Å². The van der Waals surface area contributed by atoms with E-state index in [9.17, 15) is 14.7 Å². The van der Waals surface area contributed by atoms with E-state index < -0.39 is 17.7 Å². The highest BCUT2D eigenvalue weighted by Gasteiger charge is 2.45. The number of hydrogen-bond donors (Lipinski definition) is 1. The summed E-state index contributed by atoms with van der Waals surface area (Å²) in [6.45, 7) is 6.94. The highest BCUT2D eigenvalue weighted by molar-refractivity contribution is 6.46. The first-order valence-corrected chi connectivity index (χ1v) is 10.2. The van der Waals surface area contributed by atoms with E-state index >= 15 is 0 Å². The van der Waals surface area contributed by atoms with Crippen molar-refractivity contribution in [2.24, 2.45) is 0 Å². The number of ketones is 1. The Kier molecular flexibility index (Phi) is 6.92. The number of hydrogen-bond acceptors (Lipinski definition) is 5. The van der Waals surface area contributed by atoms with Crippen LogP contribution < -0.4 is 4.74 Å². The van der Waals surface area contributed by atoms with Gasteiger partial charge in [0.05, 0.1) is 11.6 Å². The first-order valence-electron chi connectivity index (χ1n) is 10.2. The van der Waals surface area contributed by atoms with Crippen LogP contribution in [-0.4, -0.2) is 60.4 Å². The zero-order valence-corrected chi connectivity index (χ0v) is 18.2. The molecule has 3 rings (SSSR count). The number of likely N-dealkylation sites (N-methyl/N-ethyl adjacent to an activating group) is 1. The lowest BCUT2D eigenvalue weighted by atomic mass is 9.94. The summed E-state index contributed by atoms with van der Waals surface area (Å²) in [5.41, 5.74) is 2.42. The van der Waals surface area contributed by atoms with Gasteiger partial charge in [-0.05, 0) is 50.8 Å². The third kappa shape index (κ3) is 4.86. The highest BCUT2D eigenvalue weighted by Crippen LogP contribution is 2.39. The second-order valence-electron chi connectivity index (χ2n) is 7.83. The molecule has 162 valence electrons. The van der Waals surface area contributed by atoms with Crippen molar-refractivity contribution >= 4 is 17.4 Å². The van der Waals surface area contributed by atoms with Crippen molar-refractivity contribution in [1.82, 2.24) is 9.80 Å². The van der Waals surface area contributed by atoms with Crippen molar-refractivity contribution < 1.29 is 19.4 Å². The van der Waals surface area contributed by atoms with Crippen molar-refractivity contribution in [1.29, 1.82) is 0 Å². The van der Waals surface area contributed by atoms with Gasteiger partial charge >= 0.3 is 0 Å². The van der Waals surface area contributed by atoms with Gasteiger partial charge in [0, 0.05) is 18.7 Å². The van der Waals surface area contributed by atoms with E-state index in [0.717, 1.165) is 11.1 Å². The number of amides is 1. The largest absolute Gasteiger partial charge is 0.507 e. The molecule has 2 aromatic rings. The zero-order valence-electron chi connectivity index (χ0n) is 18.2. The molecule has 0 radical (unpaired) electrons. The van der Waals surface area contributed by atoms with Gasteiger partial charge in [-0.25, -0.2) is 0 Å². The van der Waals surface area contributed by atoms with E-state index in [1.165, 1.54) is 0 Å². The predicted octanol–water partition coefficient (Wildman–Crippen LogP) is 3.54. The molecule has 0 spiro atoms. The molecule has 0 saturated carbocycles. The zero-order chi connectivity index (χ0) is 22.5. The number of likely N-dealkylation sites (tertiary alicyclic amines) is 1. The molecular formula is C25H28N2O4. The smallest absolute Gasteiger partial charge is 0.295 e. The standard InChI is InChI=1S/C25H28N2O4/c1-5-16-31-20-12-10-19(11-13-20)23(28)21-22(18-8-6-17(2)7-9-18)27(15-14-26(3)4)25(30)24(21)29/h5-13,22,28H,1,14-16H2,2-4H3/b23-21-. The van der Waals surface area contributed by atoms with Crippen molar-refractivity contribution in [3.05, 3.63) is 83.4 Å². The molecule has 0 aliphatic carbocycles. The maximum absolute atomic E-state index is 13.0. The van der Waals surface area contributed by atoms with E-state index in [1.807, 2.05) is 50.2 Å². The molecule has 1 unspecified atom stereocenters. The highest BCUT2D eigenvalue weighted by atomic mass is 16.5. The molecule has 6 nitrogen and oxygen atoms in total. The van der Waals surface area contributed by atoms with Crippen LogP contribution in [-0.2, 0) is 9.59 Å². The average Bonchev–Trinajstić information content (AvgIpc) is 3.01. The summed E-state index contributed by atoms with van der Waals surface area (Å²) in [5, 5.41) is 11.1. The Hall–Kier alpha value is -3.38. The van der Waals surface area contributed by atoms with E-state index in [2.05, 4.69) is 6.58 Å². The van der Waals surface area contributed by atoms with Crippen LogP contribution in [0.1, 0.15) is 22.7 Å². The summed E-state index contributed by atoms with van der Waals surface area (Å²) < 4.78 is 5.48. The number of aliphatic hydroxyl groups excluding tert-OH is 1. The Morgan fingerprint density at radius 1 is 1.13 bits per heavy atom. The minimum absolute atomic E-state index is 0.104. The van der Waals surface area contributed by atoms with Gasteiger partial charge in [-0.2, -0.15) is 0 Å². The number of carbonyl (C=O) groups is 2. The third-order valence-electron chi connectivity index (χ3n) is 5.22. The van der Waals surface area contributed by atoms with Gasteiger partial charge in [0.1, 0.15) is 18.1 Å². The molecule has 1 fully saturated rings. The van der Waals surface area contributed by atoms with E-state index in [-0.39, 0.29) is 11.3 Å². The van der Waals surface area contributed by atoms with Crippen LogP contribution in [0.5, 0.6) is 5.75 Å². The third-order valence-corrected chi connectivity index (χ3v) is 5.22. The number of ether oxygens (including phenoxy) is 1. The Balaban J connectivity index is 2.05. The van der Waals surface area contributed by atoms with Crippen LogP contribution in [0.25, 0.3) is 5.76 Å². The second-order valence-corrected chi connectivity index (χ2v) is 7.83. The van der Waals surface area contributed by atoms with Crippen LogP contribution >= 0.6 is 0 Å². The molecule has 1 aliphatic heterocycles. The maximum atomic E-state index is 13.0. The Bertz CT molecular complexity index is 991. The van der Waals surface area contributed by atoms with E-state index in [1.54, 1.807) is 35.2 Å². The molecular weight excluding hydrogens is 392 g/mol. The predicted molar refractivity (Wildman–Crippen MR) is 121 cm³/mol. The minimum atomic E-state index is -0.672. The van der Waals surface area contributed by atoms with Gasteiger partial charge in [-0.3, -0.25) is 9.59 Å². The summed E-state index contributed by atoms with van der Waals surface area (Å²) in [6.07, 6.45) is 1.64. The number of carbonyl (C=O) groups excluding carboxylic acids is 2. The fourth-order valence-corrected chi connectivity index (χ4v) is 3.53. The first-order chi connectivity index (χ1) is 14.8. The quantitative estimate of drug-likeness (QED) is 0.306. The van der Waals surface area contributed by atoms with Gasteiger partial charge < -0.3 is 19.6 Å². The summed E-state index contributed by atoms with van der Waals surface area (Å²) in [7, 11) is 3.82. The van der Waals surface area contributed by atoms with Crippen LogP contribution in [0.15, 0.2) is 66.8 Å².